The van der Waals surface area contributed by atoms with Crippen molar-refractivity contribution in [3.05, 3.63) is 34.3 Å². The van der Waals surface area contributed by atoms with Crippen LogP contribution in [0.5, 0.6) is 0 Å². The van der Waals surface area contributed by atoms with Gasteiger partial charge in [0.15, 0.2) is 0 Å². The molecule has 0 spiro atoms. The van der Waals surface area contributed by atoms with Crippen LogP contribution in [0.25, 0.3) is 0 Å². The molecule has 0 aliphatic heterocycles. The number of nitrogens with one attached hydrogen (secondary N) is 2. The minimum atomic E-state index is 0.320. The summed E-state index contributed by atoms with van der Waals surface area (Å²) in [7, 11) is 0. The summed E-state index contributed by atoms with van der Waals surface area (Å²) in [6, 6.07) is 4.08. The number of rotatable bonds is 6. The van der Waals surface area contributed by atoms with Crippen LogP contribution >= 0.6 is 11.3 Å². The maximum Gasteiger partial charge on any atom is 0.135 e. The molecular weight excluding hydrogens is 256 g/mol. The third-order valence-electron chi connectivity index (χ3n) is 2.67. The lowest BCUT2D eigenvalue weighted by Gasteiger charge is -2.11. The molecule has 0 radical (unpaired) electrons. The van der Waals surface area contributed by atoms with Crippen LogP contribution in [0.3, 0.4) is 0 Å². The number of nitrogens with zero attached hydrogens (tertiary/aromatic N) is 2. The standard InChI is InChI=1S/C14H20N4S/c1-4-15-12-7-13(18-14(17-12)10(2)3)16-8-11-5-6-19-9-11/h5-7,9-10H,4,8H2,1-3H3,(H2,15,16,17,18). The number of anilines is 2. The van der Waals surface area contributed by atoms with Crippen LogP contribution in [-0.4, -0.2) is 16.5 Å². The van der Waals surface area contributed by atoms with E-state index in [9.17, 15) is 0 Å². The van der Waals surface area contributed by atoms with Gasteiger partial charge in [0, 0.05) is 25.1 Å². The van der Waals surface area contributed by atoms with Gasteiger partial charge in [-0.05, 0) is 29.3 Å². The summed E-state index contributed by atoms with van der Waals surface area (Å²) in [6.07, 6.45) is 0. The molecule has 0 saturated carbocycles. The van der Waals surface area contributed by atoms with Crippen LogP contribution in [0.15, 0.2) is 22.9 Å². The van der Waals surface area contributed by atoms with E-state index in [0.717, 1.165) is 30.5 Å². The molecule has 4 nitrogen and oxygen atoms in total. The monoisotopic (exact) mass is 276 g/mol. The summed E-state index contributed by atoms with van der Waals surface area (Å²) in [4.78, 5) is 9.06. The number of hydrogen-bond acceptors (Lipinski definition) is 5. The minimum Gasteiger partial charge on any atom is -0.370 e. The number of thiophene rings is 1. The van der Waals surface area contributed by atoms with E-state index >= 15 is 0 Å². The molecule has 0 saturated heterocycles. The van der Waals surface area contributed by atoms with Crippen LogP contribution in [0.4, 0.5) is 11.6 Å². The van der Waals surface area contributed by atoms with Gasteiger partial charge in [-0.3, -0.25) is 0 Å². The van der Waals surface area contributed by atoms with E-state index in [-0.39, 0.29) is 0 Å². The Hall–Kier alpha value is -1.62. The molecule has 0 aliphatic carbocycles. The van der Waals surface area contributed by atoms with Crippen LogP contribution < -0.4 is 10.6 Å². The van der Waals surface area contributed by atoms with Crippen LogP contribution in [0, 0.1) is 0 Å². The molecule has 5 heteroatoms. The van der Waals surface area contributed by atoms with Crippen molar-refractivity contribution in [3.8, 4) is 0 Å². The fraction of sp³-hybridized carbons (Fsp3) is 0.429. The summed E-state index contributed by atoms with van der Waals surface area (Å²) >= 11 is 1.71. The maximum atomic E-state index is 4.56. The molecule has 0 bridgehead atoms. The topological polar surface area (TPSA) is 49.8 Å². The van der Waals surface area contributed by atoms with Gasteiger partial charge in [0.05, 0.1) is 0 Å². The average molecular weight is 276 g/mol. The summed E-state index contributed by atoms with van der Waals surface area (Å²) in [5.41, 5.74) is 1.28. The van der Waals surface area contributed by atoms with Crippen molar-refractivity contribution in [2.75, 3.05) is 17.2 Å². The quantitative estimate of drug-likeness (QED) is 0.844. The predicted octanol–water partition coefficient (Wildman–Crippen LogP) is 3.71. The zero-order valence-corrected chi connectivity index (χ0v) is 12.4. The lowest BCUT2D eigenvalue weighted by atomic mass is 10.2. The molecule has 0 fully saturated rings. The maximum absolute atomic E-state index is 4.56. The highest BCUT2D eigenvalue weighted by Gasteiger charge is 2.07. The van der Waals surface area contributed by atoms with Crippen molar-refractivity contribution < 1.29 is 0 Å². The Bertz CT molecular complexity index is 508. The Morgan fingerprint density at radius 2 is 1.95 bits per heavy atom. The number of hydrogen-bond donors (Lipinski definition) is 2. The van der Waals surface area contributed by atoms with Gasteiger partial charge in [0.1, 0.15) is 17.5 Å². The van der Waals surface area contributed by atoms with Crippen LogP contribution in [0.2, 0.25) is 0 Å². The molecule has 0 aromatic carbocycles. The van der Waals surface area contributed by atoms with Crippen molar-refractivity contribution in [1.29, 1.82) is 0 Å². The lowest BCUT2D eigenvalue weighted by Crippen LogP contribution is -2.08. The van der Waals surface area contributed by atoms with Crippen LogP contribution in [-0.2, 0) is 6.54 Å². The first kappa shape index (κ1) is 13.8. The fourth-order valence-corrected chi connectivity index (χ4v) is 2.34. The zero-order chi connectivity index (χ0) is 13.7. The molecule has 2 heterocycles. The fourth-order valence-electron chi connectivity index (χ4n) is 1.67. The third-order valence-corrected chi connectivity index (χ3v) is 3.40. The molecule has 2 N–H and O–H groups in total. The first-order chi connectivity index (χ1) is 9.19. The van der Waals surface area contributed by atoms with E-state index in [1.165, 1.54) is 5.56 Å². The first-order valence-electron chi connectivity index (χ1n) is 6.57. The smallest absolute Gasteiger partial charge is 0.135 e. The van der Waals surface area contributed by atoms with Crippen molar-refractivity contribution in [2.45, 2.75) is 33.2 Å². The summed E-state index contributed by atoms with van der Waals surface area (Å²) in [5, 5.41) is 10.8. The van der Waals surface area contributed by atoms with Gasteiger partial charge < -0.3 is 10.6 Å². The second-order valence-corrected chi connectivity index (χ2v) is 5.45. The van der Waals surface area contributed by atoms with Gasteiger partial charge in [-0.25, -0.2) is 9.97 Å². The van der Waals surface area contributed by atoms with E-state index in [0.29, 0.717) is 5.92 Å². The zero-order valence-electron chi connectivity index (χ0n) is 11.6. The van der Waals surface area contributed by atoms with E-state index in [1.807, 2.05) is 6.07 Å². The van der Waals surface area contributed by atoms with E-state index in [1.54, 1.807) is 11.3 Å². The van der Waals surface area contributed by atoms with E-state index < -0.39 is 0 Å². The van der Waals surface area contributed by atoms with Crippen molar-refractivity contribution in [2.24, 2.45) is 0 Å². The average Bonchev–Trinajstić information content (AvgIpc) is 2.89. The molecule has 2 aromatic heterocycles. The lowest BCUT2D eigenvalue weighted by molar-refractivity contribution is 0.775. The van der Waals surface area contributed by atoms with Crippen LogP contribution in [0.1, 0.15) is 38.1 Å². The Balaban J connectivity index is 2.13. The molecule has 0 atom stereocenters. The predicted molar refractivity (Wildman–Crippen MR) is 81.9 cm³/mol. The van der Waals surface area contributed by atoms with Crippen molar-refractivity contribution in [3.63, 3.8) is 0 Å². The molecule has 19 heavy (non-hydrogen) atoms. The second kappa shape index (κ2) is 6.52. The molecule has 102 valence electrons. The highest BCUT2D eigenvalue weighted by Crippen LogP contribution is 2.18. The highest BCUT2D eigenvalue weighted by molar-refractivity contribution is 7.07. The second-order valence-electron chi connectivity index (χ2n) is 4.67. The molecule has 0 unspecified atom stereocenters. The highest BCUT2D eigenvalue weighted by atomic mass is 32.1. The van der Waals surface area contributed by atoms with Crippen molar-refractivity contribution >= 4 is 23.0 Å². The Labute approximate surface area is 118 Å². The van der Waals surface area contributed by atoms with E-state index in [4.69, 9.17) is 0 Å². The largest absolute Gasteiger partial charge is 0.370 e. The Morgan fingerprint density at radius 1 is 1.21 bits per heavy atom. The van der Waals surface area contributed by atoms with E-state index in [2.05, 4.69) is 58.2 Å². The van der Waals surface area contributed by atoms with Gasteiger partial charge in [0.2, 0.25) is 0 Å². The third kappa shape index (κ3) is 3.92. The van der Waals surface area contributed by atoms with Crippen molar-refractivity contribution in [1.82, 2.24) is 9.97 Å². The van der Waals surface area contributed by atoms with Gasteiger partial charge in [-0.15, -0.1) is 0 Å². The summed E-state index contributed by atoms with van der Waals surface area (Å²) in [5.74, 6) is 2.95. The summed E-state index contributed by atoms with van der Waals surface area (Å²) in [6.45, 7) is 7.93. The van der Waals surface area contributed by atoms with Gasteiger partial charge in [0.25, 0.3) is 0 Å². The Morgan fingerprint density at radius 3 is 2.53 bits per heavy atom. The minimum absolute atomic E-state index is 0.320. The summed E-state index contributed by atoms with van der Waals surface area (Å²) < 4.78 is 0. The first-order valence-corrected chi connectivity index (χ1v) is 7.51. The van der Waals surface area contributed by atoms with Gasteiger partial charge in [-0.2, -0.15) is 11.3 Å². The molecular formula is C14H20N4S. The molecule has 0 aliphatic rings. The molecule has 0 amide bonds. The molecule has 2 aromatic rings. The van der Waals surface area contributed by atoms with Gasteiger partial charge >= 0.3 is 0 Å². The van der Waals surface area contributed by atoms with Gasteiger partial charge in [-0.1, -0.05) is 13.8 Å². The SMILES string of the molecule is CCNc1cc(NCc2ccsc2)nc(C(C)C)n1. The number of aromatic nitrogens is 2. The Kier molecular flexibility index (Phi) is 4.74. The molecule has 2 rings (SSSR count). The normalized spacial score (nSPS) is 10.7.